The van der Waals surface area contributed by atoms with E-state index in [1.165, 1.54) is 16.8 Å². The maximum absolute atomic E-state index is 12.4. The molecule has 1 amide bonds. The van der Waals surface area contributed by atoms with Gasteiger partial charge in [-0.05, 0) is 42.3 Å². The van der Waals surface area contributed by atoms with Crippen LogP contribution in [0.15, 0.2) is 65.6 Å². The molecule has 0 unspecified atom stereocenters. The number of amides is 1. The van der Waals surface area contributed by atoms with E-state index in [4.69, 9.17) is 24.2 Å². The summed E-state index contributed by atoms with van der Waals surface area (Å²) in [6.45, 7) is 0.296. The second kappa shape index (κ2) is 13.0. The third-order valence-electron chi connectivity index (χ3n) is 5.61. The number of carbonyl (C=O) groups is 1. The van der Waals surface area contributed by atoms with Crippen LogP contribution in [0.25, 0.3) is 11.0 Å². The van der Waals surface area contributed by atoms with E-state index in [1.54, 1.807) is 46.5 Å². The van der Waals surface area contributed by atoms with E-state index >= 15 is 0 Å². The number of carbonyl (C=O) groups excluding carboxylic acids is 1. The van der Waals surface area contributed by atoms with Gasteiger partial charge < -0.3 is 34.3 Å². The summed E-state index contributed by atoms with van der Waals surface area (Å²) in [5.74, 6) is 2.33. The largest absolute Gasteiger partial charge is 0.497 e. The van der Waals surface area contributed by atoms with Gasteiger partial charge in [-0.1, -0.05) is 18.2 Å². The molecule has 4 rings (SSSR count). The first kappa shape index (κ1) is 27.8. The van der Waals surface area contributed by atoms with Gasteiger partial charge in [0.05, 0.1) is 37.5 Å². The maximum atomic E-state index is 12.4. The van der Waals surface area contributed by atoms with Crippen LogP contribution in [0.5, 0.6) is 17.2 Å². The van der Waals surface area contributed by atoms with Gasteiger partial charge in [0.1, 0.15) is 5.75 Å². The molecule has 0 spiro atoms. The molecular weight excluding hydrogens is 518 g/mol. The number of aliphatic hydroxyl groups is 1. The molecule has 0 aliphatic carbocycles. The molecule has 4 aromatic rings. The van der Waals surface area contributed by atoms with Crippen LogP contribution in [-0.2, 0) is 0 Å². The van der Waals surface area contributed by atoms with Crippen molar-refractivity contribution in [2.24, 2.45) is 0 Å². The zero-order valence-corrected chi connectivity index (χ0v) is 23.0. The number of para-hydroxylation sites is 2. The van der Waals surface area contributed by atoms with Crippen molar-refractivity contribution in [3.8, 4) is 17.2 Å². The summed E-state index contributed by atoms with van der Waals surface area (Å²) >= 11 is 1.31. The van der Waals surface area contributed by atoms with Crippen molar-refractivity contribution in [1.82, 2.24) is 14.9 Å². The van der Waals surface area contributed by atoms with E-state index in [1.807, 2.05) is 42.5 Å². The molecule has 0 radical (unpaired) electrons. The number of fused-ring (bicyclic) bond motifs is 1. The maximum Gasteiger partial charge on any atom is 0.253 e. The fourth-order valence-electron chi connectivity index (χ4n) is 3.67. The number of rotatable bonds is 12. The number of ether oxygens (including phenoxy) is 3. The summed E-state index contributed by atoms with van der Waals surface area (Å²) in [6.07, 6.45) is 0.462. The zero-order valence-electron chi connectivity index (χ0n) is 22.2. The normalized spacial score (nSPS) is 10.7. The van der Waals surface area contributed by atoms with Crippen LogP contribution in [0, 0.1) is 0 Å². The van der Waals surface area contributed by atoms with Crippen molar-refractivity contribution in [2.75, 3.05) is 51.6 Å². The van der Waals surface area contributed by atoms with Crippen molar-refractivity contribution in [3.05, 3.63) is 66.2 Å². The Morgan fingerprint density at radius 3 is 2.38 bits per heavy atom. The molecule has 3 aromatic carbocycles. The minimum absolute atomic E-state index is 0.00398. The fourth-order valence-corrected chi connectivity index (χ4v) is 4.36. The minimum atomic E-state index is -0.0778. The lowest BCUT2D eigenvalue weighted by Gasteiger charge is -2.19. The van der Waals surface area contributed by atoms with Gasteiger partial charge in [-0.2, -0.15) is 0 Å². The average molecular weight is 550 g/mol. The van der Waals surface area contributed by atoms with E-state index in [0.717, 1.165) is 4.90 Å². The third-order valence-corrected chi connectivity index (χ3v) is 6.39. The lowest BCUT2D eigenvalue weighted by atomic mass is 10.2. The van der Waals surface area contributed by atoms with Gasteiger partial charge in [0.25, 0.3) is 5.91 Å². The predicted molar refractivity (Wildman–Crippen MR) is 154 cm³/mol. The lowest BCUT2D eigenvalue weighted by molar-refractivity contribution is 0.0827. The van der Waals surface area contributed by atoms with Crippen LogP contribution >= 0.6 is 11.9 Å². The van der Waals surface area contributed by atoms with Crippen molar-refractivity contribution in [1.29, 1.82) is 0 Å². The minimum Gasteiger partial charge on any atom is -0.497 e. The summed E-state index contributed by atoms with van der Waals surface area (Å²) in [4.78, 5) is 24.4. The van der Waals surface area contributed by atoms with Gasteiger partial charge in [-0.15, -0.1) is 0 Å². The fraction of sp³-hybridized carbons (Fsp3) is 0.250. The number of aromatic nitrogens is 2. The highest BCUT2D eigenvalue weighted by Crippen LogP contribution is 2.42. The number of nitrogens with one attached hydrogen (secondary N) is 2. The molecular formula is C28H31N5O5S. The van der Waals surface area contributed by atoms with E-state index in [-0.39, 0.29) is 12.5 Å². The molecule has 0 saturated heterocycles. The SMILES string of the molecule is COc1cc(Nc2nc3ccccc3nc2NSc2cccc(C(=O)N(C)C)c2)c(OCCCO)c(OC)c1. The number of nitrogens with zero attached hydrogens (tertiary/aromatic N) is 3. The number of methoxy groups -OCH3 is 2. The molecule has 0 aliphatic heterocycles. The highest BCUT2D eigenvalue weighted by molar-refractivity contribution is 8.00. The summed E-state index contributed by atoms with van der Waals surface area (Å²) in [5, 5.41) is 12.6. The molecule has 1 aromatic heterocycles. The van der Waals surface area contributed by atoms with Crippen molar-refractivity contribution in [2.45, 2.75) is 11.3 Å². The Morgan fingerprint density at radius 1 is 0.974 bits per heavy atom. The van der Waals surface area contributed by atoms with E-state index < -0.39 is 0 Å². The quantitative estimate of drug-likeness (QED) is 0.165. The second-order valence-corrected chi connectivity index (χ2v) is 9.48. The van der Waals surface area contributed by atoms with E-state index in [2.05, 4.69) is 10.0 Å². The van der Waals surface area contributed by atoms with Gasteiger partial charge in [0.15, 0.2) is 23.1 Å². The first-order valence-corrected chi connectivity index (χ1v) is 13.0. The van der Waals surface area contributed by atoms with Crippen LogP contribution in [0.2, 0.25) is 0 Å². The van der Waals surface area contributed by atoms with Gasteiger partial charge in [-0.3, -0.25) is 4.79 Å². The first-order chi connectivity index (χ1) is 18.9. The Hall–Kier alpha value is -4.22. The number of hydrogen-bond acceptors (Lipinski definition) is 10. The molecule has 0 fully saturated rings. The number of benzene rings is 3. The molecule has 0 saturated carbocycles. The number of anilines is 3. The van der Waals surface area contributed by atoms with Gasteiger partial charge in [-0.25, -0.2) is 9.97 Å². The van der Waals surface area contributed by atoms with Crippen molar-refractivity contribution < 1.29 is 24.1 Å². The van der Waals surface area contributed by atoms with Gasteiger partial charge in [0, 0.05) is 49.7 Å². The smallest absolute Gasteiger partial charge is 0.253 e. The average Bonchev–Trinajstić information content (AvgIpc) is 2.96. The Labute approximate surface area is 231 Å². The number of aliphatic hydroxyl groups excluding tert-OH is 1. The van der Waals surface area contributed by atoms with Crippen molar-refractivity contribution in [3.63, 3.8) is 0 Å². The molecule has 0 aliphatic rings. The highest BCUT2D eigenvalue weighted by atomic mass is 32.2. The molecule has 204 valence electrons. The standard InChI is InChI=1S/C28H31N5O5S/c1-33(2)28(35)18-9-7-10-20(15-18)39-32-27-26(29-21-11-5-6-12-22(21)30-27)31-23-16-19(36-3)17-24(37-4)25(23)38-14-8-13-34/h5-7,9-12,15-17,34H,8,13-14H2,1-4H3,(H,29,31)(H,30,32). The molecule has 11 heteroatoms. The Balaban J connectivity index is 1.70. The Morgan fingerprint density at radius 2 is 1.72 bits per heavy atom. The van der Waals surface area contributed by atoms with Gasteiger partial charge >= 0.3 is 0 Å². The lowest BCUT2D eigenvalue weighted by Crippen LogP contribution is -2.21. The zero-order chi connectivity index (χ0) is 27.8. The summed E-state index contributed by atoms with van der Waals surface area (Å²) in [5.41, 5.74) is 2.56. The Kier molecular flexibility index (Phi) is 9.29. The summed E-state index contributed by atoms with van der Waals surface area (Å²) in [7, 11) is 6.56. The highest BCUT2D eigenvalue weighted by Gasteiger charge is 2.18. The van der Waals surface area contributed by atoms with E-state index in [9.17, 15) is 9.90 Å². The molecule has 0 atom stereocenters. The second-order valence-electron chi connectivity index (χ2n) is 8.60. The first-order valence-electron chi connectivity index (χ1n) is 12.2. The van der Waals surface area contributed by atoms with Crippen LogP contribution in [0.4, 0.5) is 17.3 Å². The topological polar surface area (TPSA) is 118 Å². The van der Waals surface area contributed by atoms with Gasteiger partial charge in [0.2, 0.25) is 0 Å². The van der Waals surface area contributed by atoms with Crippen LogP contribution in [0.1, 0.15) is 16.8 Å². The van der Waals surface area contributed by atoms with Crippen LogP contribution in [-0.4, -0.2) is 67.4 Å². The Bertz CT molecular complexity index is 1450. The van der Waals surface area contributed by atoms with E-state index in [0.29, 0.717) is 64.2 Å². The molecule has 10 nitrogen and oxygen atoms in total. The monoisotopic (exact) mass is 549 g/mol. The number of hydrogen-bond donors (Lipinski definition) is 3. The molecule has 3 N–H and O–H groups in total. The van der Waals surface area contributed by atoms with Crippen LogP contribution < -0.4 is 24.2 Å². The molecule has 1 heterocycles. The molecule has 39 heavy (non-hydrogen) atoms. The van der Waals surface area contributed by atoms with Crippen molar-refractivity contribution >= 4 is 46.2 Å². The van der Waals surface area contributed by atoms with Crippen LogP contribution in [0.3, 0.4) is 0 Å². The third kappa shape index (κ3) is 6.81. The summed E-state index contributed by atoms with van der Waals surface area (Å²) < 4.78 is 20.3. The molecule has 0 bridgehead atoms. The predicted octanol–water partition coefficient (Wildman–Crippen LogP) is 4.97. The summed E-state index contributed by atoms with van der Waals surface area (Å²) in [6, 6.07) is 18.4.